The number of sulfone groups is 1. The fourth-order valence-electron chi connectivity index (χ4n) is 2.69. The monoisotopic (exact) mass is 285 g/mol. The second kappa shape index (κ2) is 5.21. The minimum atomic E-state index is -2.93. The van der Waals surface area contributed by atoms with E-state index in [0.29, 0.717) is 6.42 Å². The van der Waals surface area contributed by atoms with Crippen molar-refractivity contribution in [3.63, 3.8) is 0 Å². The van der Waals surface area contributed by atoms with Gasteiger partial charge in [0.05, 0.1) is 11.5 Å². The summed E-state index contributed by atoms with van der Waals surface area (Å²) < 4.78 is 36.5. The average molecular weight is 285 g/mol. The summed E-state index contributed by atoms with van der Waals surface area (Å²) in [5.74, 6) is 0.129. The van der Waals surface area contributed by atoms with E-state index in [2.05, 4.69) is 5.32 Å². The van der Waals surface area contributed by atoms with Gasteiger partial charge in [-0.05, 0) is 37.5 Å². The van der Waals surface area contributed by atoms with Crippen LogP contribution in [0.25, 0.3) is 0 Å². The topological polar surface area (TPSA) is 46.2 Å². The summed E-state index contributed by atoms with van der Waals surface area (Å²) in [6.07, 6.45) is 1.40. The largest absolute Gasteiger partial charge is 0.304 e. The normalized spacial score (nSPS) is 27.3. The Balaban J connectivity index is 2.16. The number of benzene rings is 1. The molecule has 1 aliphatic heterocycles. The van der Waals surface area contributed by atoms with Gasteiger partial charge in [0.25, 0.3) is 0 Å². The lowest BCUT2D eigenvalue weighted by molar-refractivity contribution is 0.336. The fourth-order valence-corrected chi connectivity index (χ4v) is 4.79. The van der Waals surface area contributed by atoms with E-state index in [1.54, 1.807) is 6.07 Å². The van der Waals surface area contributed by atoms with Gasteiger partial charge in [0.1, 0.15) is 5.82 Å². The molecule has 3 nitrogen and oxygen atoms in total. The summed E-state index contributed by atoms with van der Waals surface area (Å²) in [4.78, 5) is 0. The van der Waals surface area contributed by atoms with Crippen molar-refractivity contribution < 1.29 is 12.8 Å². The molecule has 0 saturated carbocycles. The van der Waals surface area contributed by atoms with Gasteiger partial charge in [0.15, 0.2) is 9.84 Å². The van der Waals surface area contributed by atoms with E-state index in [4.69, 9.17) is 0 Å². The first-order chi connectivity index (χ1) is 8.84. The zero-order valence-corrected chi connectivity index (χ0v) is 12.1. The van der Waals surface area contributed by atoms with E-state index in [0.717, 1.165) is 12.0 Å². The van der Waals surface area contributed by atoms with Crippen molar-refractivity contribution in [2.45, 2.75) is 38.3 Å². The molecule has 5 heteroatoms. The van der Waals surface area contributed by atoms with Crippen molar-refractivity contribution >= 4 is 9.84 Å². The van der Waals surface area contributed by atoms with Crippen molar-refractivity contribution in [3.05, 3.63) is 35.6 Å². The Kier molecular flexibility index (Phi) is 3.97. The molecule has 19 heavy (non-hydrogen) atoms. The third-order valence-electron chi connectivity index (χ3n) is 3.69. The smallest absolute Gasteiger partial charge is 0.152 e. The molecule has 1 aromatic rings. The Morgan fingerprint density at radius 3 is 2.74 bits per heavy atom. The molecular weight excluding hydrogens is 265 g/mol. The van der Waals surface area contributed by atoms with E-state index < -0.39 is 15.4 Å². The van der Waals surface area contributed by atoms with Gasteiger partial charge in [-0.25, -0.2) is 12.8 Å². The molecule has 0 amide bonds. The van der Waals surface area contributed by atoms with Crippen LogP contribution in [0.2, 0.25) is 0 Å². The number of hydrogen-bond acceptors (Lipinski definition) is 3. The van der Waals surface area contributed by atoms with E-state index in [1.807, 2.05) is 19.9 Å². The lowest BCUT2D eigenvalue weighted by Gasteiger charge is -2.30. The first-order valence-electron chi connectivity index (χ1n) is 6.57. The maximum absolute atomic E-state index is 13.3. The van der Waals surface area contributed by atoms with Gasteiger partial charge >= 0.3 is 0 Å². The highest BCUT2D eigenvalue weighted by Gasteiger charge is 2.39. The maximum atomic E-state index is 13.3. The van der Waals surface area contributed by atoms with E-state index >= 15 is 0 Å². The molecular formula is C14H20FNO2S. The predicted octanol–water partition coefficient (Wildman–Crippen LogP) is 2.44. The molecule has 0 aliphatic carbocycles. The highest BCUT2D eigenvalue weighted by Crippen LogP contribution is 2.28. The maximum Gasteiger partial charge on any atom is 0.152 e. The number of nitrogens with one attached hydrogen (secondary N) is 1. The SMILES string of the molecule is CCC(NC1(C)CCS(=O)(=O)C1)c1cccc(F)c1. The van der Waals surface area contributed by atoms with Gasteiger partial charge in [0, 0.05) is 11.6 Å². The summed E-state index contributed by atoms with van der Waals surface area (Å²) in [5.41, 5.74) is 0.458. The molecule has 1 fully saturated rings. The van der Waals surface area contributed by atoms with Crippen LogP contribution in [0.3, 0.4) is 0 Å². The third-order valence-corrected chi connectivity index (χ3v) is 5.59. The van der Waals surface area contributed by atoms with E-state index in [-0.39, 0.29) is 23.4 Å². The molecule has 0 bridgehead atoms. The zero-order chi connectivity index (χ0) is 14.1. The van der Waals surface area contributed by atoms with Crippen LogP contribution in [0.4, 0.5) is 4.39 Å². The molecule has 1 N–H and O–H groups in total. The number of hydrogen-bond donors (Lipinski definition) is 1. The summed E-state index contributed by atoms with van der Waals surface area (Å²) in [6, 6.07) is 6.46. The lowest BCUT2D eigenvalue weighted by atomic mass is 9.96. The second-order valence-electron chi connectivity index (χ2n) is 5.56. The predicted molar refractivity (Wildman–Crippen MR) is 74.2 cm³/mol. The average Bonchev–Trinajstić information content (AvgIpc) is 2.61. The molecule has 1 saturated heterocycles. The molecule has 106 valence electrons. The van der Waals surface area contributed by atoms with Gasteiger partial charge < -0.3 is 5.32 Å². The van der Waals surface area contributed by atoms with Crippen LogP contribution >= 0.6 is 0 Å². The third kappa shape index (κ3) is 3.54. The van der Waals surface area contributed by atoms with E-state index in [9.17, 15) is 12.8 Å². The molecule has 0 radical (unpaired) electrons. The molecule has 1 aliphatic rings. The van der Waals surface area contributed by atoms with Gasteiger partial charge in [-0.3, -0.25) is 0 Å². The Labute approximate surface area is 114 Å². The van der Waals surface area contributed by atoms with E-state index in [1.165, 1.54) is 12.1 Å². The van der Waals surface area contributed by atoms with Crippen LogP contribution in [-0.2, 0) is 9.84 Å². The molecule has 2 rings (SSSR count). The minimum absolute atomic E-state index is 0.0194. The van der Waals surface area contributed by atoms with Gasteiger partial charge in [0.2, 0.25) is 0 Å². The van der Waals surface area contributed by atoms with Crippen LogP contribution in [0.15, 0.2) is 24.3 Å². The van der Waals surface area contributed by atoms with Crippen LogP contribution in [0, 0.1) is 5.82 Å². The molecule has 2 atom stereocenters. The lowest BCUT2D eigenvalue weighted by Crippen LogP contribution is -2.45. The molecule has 0 aromatic heterocycles. The molecule has 1 aromatic carbocycles. The standard InChI is InChI=1S/C14H20FNO2S/c1-3-13(11-5-4-6-12(15)9-11)16-14(2)7-8-19(17,18)10-14/h4-6,9,13,16H,3,7-8,10H2,1-2H3. The molecule has 0 spiro atoms. The quantitative estimate of drug-likeness (QED) is 0.924. The molecule has 1 heterocycles. The first kappa shape index (κ1) is 14.5. The zero-order valence-electron chi connectivity index (χ0n) is 11.3. The van der Waals surface area contributed by atoms with Crippen molar-refractivity contribution in [1.82, 2.24) is 5.32 Å². The van der Waals surface area contributed by atoms with Crippen molar-refractivity contribution in [2.24, 2.45) is 0 Å². The highest BCUT2D eigenvalue weighted by atomic mass is 32.2. The summed E-state index contributed by atoms with van der Waals surface area (Å²) >= 11 is 0. The van der Waals surface area contributed by atoms with Crippen molar-refractivity contribution in [2.75, 3.05) is 11.5 Å². The van der Waals surface area contributed by atoms with Crippen molar-refractivity contribution in [1.29, 1.82) is 0 Å². The number of halogens is 1. The minimum Gasteiger partial charge on any atom is -0.304 e. The van der Waals surface area contributed by atoms with Crippen LogP contribution in [0.1, 0.15) is 38.3 Å². The summed E-state index contributed by atoms with van der Waals surface area (Å²) in [5, 5.41) is 3.40. The van der Waals surface area contributed by atoms with Crippen LogP contribution < -0.4 is 5.32 Å². The molecule has 2 unspecified atom stereocenters. The first-order valence-corrected chi connectivity index (χ1v) is 8.39. The van der Waals surface area contributed by atoms with Gasteiger partial charge in [-0.2, -0.15) is 0 Å². The van der Waals surface area contributed by atoms with Crippen LogP contribution in [-0.4, -0.2) is 25.5 Å². The number of rotatable bonds is 4. The Morgan fingerprint density at radius 1 is 1.47 bits per heavy atom. The van der Waals surface area contributed by atoms with Gasteiger partial charge in [-0.15, -0.1) is 0 Å². The second-order valence-corrected chi connectivity index (χ2v) is 7.75. The van der Waals surface area contributed by atoms with Crippen molar-refractivity contribution in [3.8, 4) is 0 Å². The Morgan fingerprint density at radius 2 is 2.21 bits per heavy atom. The fraction of sp³-hybridized carbons (Fsp3) is 0.571. The van der Waals surface area contributed by atoms with Gasteiger partial charge in [-0.1, -0.05) is 19.1 Å². The Hall–Kier alpha value is -0.940. The Bertz CT molecular complexity index is 558. The van der Waals surface area contributed by atoms with Crippen LogP contribution in [0.5, 0.6) is 0 Å². The summed E-state index contributed by atoms with van der Waals surface area (Å²) in [7, 11) is -2.93. The highest BCUT2D eigenvalue weighted by molar-refractivity contribution is 7.91. The summed E-state index contributed by atoms with van der Waals surface area (Å²) in [6.45, 7) is 3.94.